The molecule has 1 fully saturated rings. The molecule has 0 unspecified atom stereocenters. The van der Waals surface area contributed by atoms with Crippen molar-refractivity contribution in [3.63, 3.8) is 0 Å². The van der Waals surface area contributed by atoms with Crippen LogP contribution in [0.5, 0.6) is 0 Å². The van der Waals surface area contributed by atoms with Crippen molar-refractivity contribution in [1.29, 1.82) is 0 Å². The van der Waals surface area contributed by atoms with E-state index in [-0.39, 0.29) is 25.3 Å². The number of amides is 1. The van der Waals surface area contributed by atoms with E-state index >= 15 is 0 Å². The number of fused-ring (bicyclic) bond motifs is 3. The quantitative estimate of drug-likeness (QED) is 0.488. The molecule has 7 nitrogen and oxygen atoms in total. The highest BCUT2D eigenvalue weighted by Crippen LogP contribution is 2.43. The lowest BCUT2D eigenvalue weighted by molar-refractivity contribution is -0.225. The van der Waals surface area contributed by atoms with E-state index in [1.807, 2.05) is 43.0 Å². The number of nitrogens with one attached hydrogen (secondary N) is 1. The summed E-state index contributed by atoms with van der Waals surface area (Å²) in [5.41, 5.74) is 2.95. The number of carbonyl (C=O) groups excluding carboxylic acids is 3. The maximum atomic E-state index is 13.2. The van der Waals surface area contributed by atoms with Gasteiger partial charge in [-0.3, -0.25) is 14.4 Å². The molecule has 1 N–H and O–H groups in total. The van der Waals surface area contributed by atoms with Gasteiger partial charge in [0.2, 0.25) is 5.91 Å². The largest absolute Gasteiger partial charge is 0.416 e. The number of nitrogens with zero attached hydrogens (tertiary/aromatic N) is 1. The maximum Gasteiger partial charge on any atom is 0.309 e. The molecular weight excluding hydrogens is 488 g/mol. The second-order valence-electron chi connectivity index (χ2n) is 9.48. The average molecular weight is 515 g/mol. The van der Waals surface area contributed by atoms with E-state index in [4.69, 9.17) is 21.1 Å². The summed E-state index contributed by atoms with van der Waals surface area (Å²) in [5.74, 6) is -1.75. The maximum absolute atomic E-state index is 13.2. The Morgan fingerprint density at radius 1 is 1.00 bits per heavy atom. The van der Waals surface area contributed by atoms with Gasteiger partial charge in [0.1, 0.15) is 0 Å². The first-order valence-electron chi connectivity index (χ1n) is 11.7. The second kappa shape index (κ2) is 9.15. The van der Waals surface area contributed by atoms with Crippen LogP contribution < -0.4 is 10.2 Å². The molecule has 184 valence electrons. The highest BCUT2D eigenvalue weighted by atomic mass is 35.5. The number of esters is 2. The number of hydrogen-bond donors (Lipinski definition) is 1. The Kier molecular flexibility index (Phi) is 6.32. The number of ether oxygens (including phenoxy) is 2. The Balaban J connectivity index is 1.43. The van der Waals surface area contributed by atoms with E-state index in [0.717, 1.165) is 21.7 Å². The fourth-order valence-electron chi connectivity index (χ4n) is 5.06. The minimum atomic E-state index is -1.51. The first-order chi connectivity index (χ1) is 16.7. The first kappa shape index (κ1) is 24.2. The second-order valence-corrected chi connectivity index (χ2v) is 11.0. The zero-order valence-electron chi connectivity index (χ0n) is 19.7. The SMILES string of the molecule is CC1(C)C(=O)N(CCSc2c(Cl)ccc3c2CCNCC32OC(=O)CCC(=O)O2)c2ccccc21. The Labute approximate surface area is 213 Å². The molecule has 3 aliphatic heterocycles. The summed E-state index contributed by atoms with van der Waals surface area (Å²) in [6, 6.07) is 11.4. The average Bonchev–Trinajstić information content (AvgIpc) is 2.98. The molecule has 3 aliphatic rings. The highest BCUT2D eigenvalue weighted by molar-refractivity contribution is 7.99. The van der Waals surface area contributed by atoms with E-state index in [9.17, 15) is 14.4 Å². The Morgan fingerprint density at radius 3 is 2.46 bits per heavy atom. The fourth-order valence-corrected chi connectivity index (χ4v) is 6.47. The van der Waals surface area contributed by atoms with Crippen molar-refractivity contribution in [2.45, 2.75) is 49.2 Å². The summed E-state index contributed by atoms with van der Waals surface area (Å²) in [6.45, 7) is 5.23. The lowest BCUT2D eigenvalue weighted by Crippen LogP contribution is -2.43. The monoisotopic (exact) mass is 514 g/mol. The van der Waals surface area contributed by atoms with Crippen LogP contribution in [0.15, 0.2) is 41.3 Å². The van der Waals surface area contributed by atoms with Crippen LogP contribution >= 0.6 is 23.4 Å². The number of hydrogen-bond acceptors (Lipinski definition) is 7. The molecule has 0 saturated carbocycles. The van der Waals surface area contributed by atoms with Gasteiger partial charge in [0.15, 0.2) is 0 Å². The molecule has 1 saturated heterocycles. The first-order valence-corrected chi connectivity index (χ1v) is 13.1. The zero-order chi connectivity index (χ0) is 24.8. The Hall–Kier alpha value is -2.55. The number of rotatable bonds is 4. The fraction of sp³-hybridized carbons (Fsp3) is 0.423. The van der Waals surface area contributed by atoms with Gasteiger partial charge in [-0.05, 0) is 56.1 Å². The molecule has 0 aliphatic carbocycles. The summed E-state index contributed by atoms with van der Waals surface area (Å²) in [6.07, 6.45) is 0.618. The van der Waals surface area contributed by atoms with Crippen molar-refractivity contribution in [3.8, 4) is 0 Å². The number of para-hydroxylation sites is 1. The molecule has 9 heteroatoms. The van der Waals surface area contributed by atoms with Gasteiger partial charge >= 0.3 is 11.9 Å². The number of halogens is 1. The standard InChI is InChI=1S/C26H27ClN2O5S/c1-25(2)18-5-3-4-6-20(18)29(24(25)32)13-14-35-23-16-11-12-28-15-26(17(16)7-8-19(23)27)33-21(30)9-10-22(31)34-26/h3-8,28H,9-15H2,1-2H3. The number of carbonyl (C=O) groups is 3. The van der Waals surface area contributed by atoms with E-state index in [1.54, 1.807) is 23.9 Å². The minimum absolute atomic E-state index is 0.00714. The van der Waals surface area contributed by atoms with Gasteiger partial charge < -0.3 is 19.7 Å². The molecule has 3 heterocycles. The third kappa shape index (κ3) is 4.21. The van der Waals surface area contributed by atoms with Gasteiger partial charge in [-0.2, -0.15) is 0 Å². The number of anilines is 1. The molecule has 2 aromatic carbocycles. The van der Waals surface area contributed by atoms with Crippen molar-refractivity contribution in [2.24, 2.45) is 0 Å². The van der Waals surface area contributed by atoms with Crippen LogP contribution in [0, 0.1) is 0 Å². The van der Waals surface area contributed by atoms with Crippen LogP contribution in [-0.4, -0.2) is 43.2 Å². The molecule has 5 rings (SSSR count). The highest BCUT2D eigenvalue weighted by Gasteiger charge is 2.46. The lowest BCUT2D eigenvalue weighted by atomic mass is 9.86. The van der Waals surface area contributed by atoms with Crippen molar-refractivity contribution >= 4 is 46.9 Å². The van der Waals surface area contributed by atoms with Crippen LogP contribution in [-0.2, 0) is 41.5 Å². The minimum Gasteiger partial charge on any atom is -0.416 e. The molecule has 0 atom stereocenters. The van der Waals surface area contributed by atoms with Crippen molar-refractivity contribution in [3.05, 3.63) is 58.1 Å². The molecule has 1 spiro atoms. The predicted octanol–water partition coefficient (Wildman–Crippen LogP) is 3.94. The molecular formula is C26H27ClN2O5S. The lowest BCUT2D eigenvalue weighted by Gasteiger charge is -2.32. The van der Waals surface area contributed by atoms with Crippen LogP contribution in [0.2, 0.25) is 5.02 Å². The normalized spacial score (nSPS) is 20.5. The van der Waals surface area contributed by atoms with E-state index < -0.39 is 23.1 Å². The Bertz CT molecular complexity index is 1200. The summed E-state index contributed by atoms with van der Waals surface area (Å²) in [5, 5.41) is 3.81. The van der Waals surface area contributed by atoms with Crippen molar-refractivity contribution < 1.29 is 23.9 Å². The molecule has 2 aromatic rings. The molecule has 35 heavy (non-hydrogen) atoms. The van der Waals surface area contributed by atoms with Crippen molar-refractivity contribution in [2.75, 3.05) is 30.3 Å². The van der Waals surface area contributed by atoms with Crippen LogP contribution in [0.4, 0.5) is 5.69 Å². The van der Waals surface area contributed by atoms with Gasteiger partial charge in [0, 0.05) is 28.4 Å². The van der Waals surface area contributed by atoms with Crippen molar-refractivity contribution in [1.82, 2.24) is 5.32 Å². The topological polar surface area (TPSA) is 84.9 Å². The summed E-state index contributed by atoms with van der Waals surface area (Å²) in [7, 11) is 0. The molecule has 0 bridgehead atoms. The smallest absolute Gasteiger partial charge is 0.309 e. The van der Waals surface area contributed by atoms with Crippen LogP contribution in [0.3, 0.4) is 0 Å². The number of thioether (sulfide) groups is 1. The molecule has 1 amide bonds. The van der Waals surface area contributed by atoms with E-state index in [2.05, 4.69) is 5.32 Å². The van der Waals surface area contributed by atoms with E-state index in [1.165, 1.54) is 0 Å². The zero-order valence-corrected chi connectivity index (χ0v) is 21.3. The van der Waals surface area contributed by atoms with Gasteiger partial charge in [-0.1, -0.05) is 29.8 Å². The summed E-state index contributed by atoms with van der Waals surface area (Å²) < 4.78 is 11.4. The van der Waals surface area contributed by atoms with Gasteiger partial charge in [0.25, 0.3) is 5.79 Å². The van der Waals surface area contributed by atoms with E-state index in [0.29, 0.717) is 35.8 Å². The molecule has 0 aromatic heterocycles. The summed E-state index contributed by atoms with van der Waals surface area (Å²) >= 11 is 8.20. The third-order valence-electron chi connectivity index (χ3n) is 6.83. The number of benzene rings is 2. The van der Waals surface area contributed by atoms with Gasteiger partial charge in [0.05, 0.1) is 29.8 Å². The van der Waals surface area contributed by atoms with Crippen LogP contribution in [0.25, 0.3) is 0 Å². The summed E-state index contributed by atoms with van der Waals surface area (Å²) in [4.78, 5) is 40.5. The third-order valence-corrected chi connectivity index (χ3v) is 8.40. The van der Waals surface area contributed by atoms with Gasteiger partial charge in [-0.25, -0.2) is 0 Å². The predicted molar refractivity (Wildman–Crippen MR) is 134 cm³/mol. The Morgan fingerprint density at radius 2 is 1.71 bits per heavy atom. The van der Waals surface area contributed by atoms with Gasteiger partial charge in [-0.15, -0.1) is 11.8 Å². The molecule has 0 radical (unpaired) electrons. The van der Waals surface area contributed by atoms with Crippen LogP contribution in [0.1, 0.15) is 43.4 Å².